The number of amides is 1. The molecule has 21 heavy (non-hydrogen) atoms. The van der Waals surface area contributed by atoms with Crippen molar-refractivity contribution in [3.8, 4) is 0 Å². The summed E-state index contributed by atoms with van der Waals surface area (Å²) < 4.78 is 0.859. The van der Waals surface area contributed by atoms with E-state index in [1.54, 1.807) is 31.2 Å². The second-order valence-electron chi connectivity index (χ2n) is 4.15. The summed E-state index contributed by atoms with van der Waals surface area (Å²) >= 11 is 3.27. The summed E-state index contributed by atoms with van der Waals surface area (Å²) in [6.07, 6.45) is 1.18. The molecular formula is C13H11BrN4O3. The molecule has 2 rings (SSSR count). The van der Waals surface area contributed by atoms with E-state index < -0.39 is 17.2 Å². The van der Waals surface area contributed by atoms with Crippen molar-refractivity contribution >= 4 is 28.1 Å². The molecule has 0 fully saturated rings. The maximum atomic E-state index is 11.8. The molecule has 0 atom stereocenters. The van der Waals surface area contributed by atoms with Gasteiger partial charge in [-0.15, -0.1) is 0 Å². The molecular weight excluding hydrogens is 340 g/mol. The third-order valence-electron chi connectivity index (χ3n) is 2.64. The first-order chi connectivity index (χ1) is 9.97. The van der Waals surface area contributed by atoms with Crippen LogP contribution in [0.1, 0.15) is 21.6 Å². The van der Waals surface area contributed by atoms with Crippen LogP contribution in [0.4, 0.5) is 0 Å². The number of nitrogens with zero attached hydrogens (tertiary/aromatic N) is 1. The van der Waals surface area contributed by atoms with Crippen LogP contribution in [0.2, 0.25) is 0 Å². The van der Waals surface area contributed by atoms with Crippen LogP contribution in [-0.4, -0.2) is 22.1 Å². The van der Waals surface area contributed by atoms with Crippen molar-refractivity contribution in [1.29, 1.82) is 0 Å². The van der Waals surface area contributed by atoms with Crippen molar-refractivity contribution in [1.82, 2.24) is 15.4 Å². The molecule has 108 valence electrons. The van der Waals surface area contributed by atoms with E-state index in [0.717, 1.165) is 4.47 Å². The van der Waals surface area contributed by atoms with E-state index >= 15 is 0 Å². The summed E-state index contributed by atoms with van der Waals surface area (Å²) in [5.41, 5.74) is 2.12. The zero-order valence-electron chi connectivity index (χ0n) is 10.9. The van der Waals surface area contributed by atoms with Gasteiger partial charge in [-0.3, -0.25) is 14.6 Å². The first kappa shape index (κ1) is 14.9. The van der Waals surface area contributed by atoms with E-state index in [2.05, 4.69) is 36.4 Å². The second kappa shape index (κ2) is 6.31. The van der Waals surface area contributed by atoms with Crippen molar-refractivity contribution in [2.24, 2.45) is 5.10 Å². The van der Waals surface area contributed by atoms with E-state index in [1.165, 1.54) is 6.21 Å². The van der Waals surface area contributed by atoms with Gasteiger partial charge in [0.1, 0.15) is 0 Å². The quantitative estimate of drug-likeness (QED) is 0.565. The fourth-order valence-corrected chi connectivity index (χ4v) is 1.85. The smallest absolute Gasteiger partial charge is 0.311 e. The van der Waals surface area contributed by atoms with Crippen LogP contribution >= 0.6 is 15.9 Å². The number of rotatable bonds is 3. The van der Waals surface area contributed by atoms with Crippen LogP contribution in [0.15, 0.2) is 43.4 Å². The van der Waals surface area contributed by atoms with Gasteiger partial charge >= 0.3 is 5.69 Å². The molecule has 1 aromatic heterocycles. The van der Waals surface area contributed by atoms with Gasteiger partial charge in [0.15, 0.2) is 0 Å². The number of nitrogens with one attached hydrogen (secondary N) is 3. The minimum Gasteiger partial charge on any atom is -0.311 e. The van der Waals surface area contributed by atoms with Gasteiger partial charge in [0.05, 0.1) is 11.8 Å². The molecule has 7 nitrogen and oxygen atoms in total. The molecule has 0 aliphatic heterocycles. The number of hydrogen-bond donors (Lipinski definition) is 3. The Kier molecular flexibility index (Phi) is 4.49. The zero-order chi connectivity index (χ0) is 15.4. The molecule has 0 saturated heterocycles. The third-order valence-corrected chi connectivity index (χ3v) is 3.17. The van der Waals surface area contributed by atoms with Crippen LogP contribution < -0.4 is 16.7 Å². The SMILES string of the molecule is Cc1[nH]c(=O)[nH]c(=O)c1/C=N/NC(=O)c1ccc(Br)cc1. The molecule has 3 N–H and O–H groups in total. The molecule has 8 heteroatoms. The molecule has 1 aromatic carbocycles. The molecule has 1 heterocycles. The highest BCUT2D eigenvalue weighted by atomic mass is 79.9. The molecule has 1 amide bonds. The Morgan fingerprint density at radius 1 is 1.24 bits per heavy atom. The highest BCUT2D eigenvalue weighted by Gasteiger charge is 2.05. The highest BCUT2D eigenvalue weighted by molar-refractivity contribution is 9.10. The number of aromatic nitrogens is 2. The van der Waals surface area contributed by atoms with Gasteiger partial charge in [0.25, 0.3) is 11.5 Å². The summed E-state index contributed by atoms with van der Waals surface area (Å²) in [7, 11) is 0. The highest BCUT2D eigenvalue weighted by Crippen LogP contribution is 2.10. The number of aryl methyl sites for hydroxylation is 1. The predicted molar refractivity (Wildman–Crippen MR) is 81.6 cm³/mol. The average Bonchev–Trinajstić information content (AvgIpc) is 2.42. The van der Waals surface area contributed by atoms with Crippen molar-refractivity contribution in [3.05, 3.63) is 66.4 Å². The lowest BCUT2D eigenvalue weighted by atomic mass is 10.2. The van der Waals surface area contributed by atoms with Gasteiger partial charge in [-0.25, -0.2) is 10.2 Å². The standard InChI is InChI=1S/C13H11BrN4O3/c1-7-10(12(20)17-13(21)16-7)6-15-18-11(19)8-2-4-9(14)5-3-8/h2-6H,1H3,(H,18,19)(H2,16,17,20,21)/b15-6+. The minimum atomic E-state index is -0.589. The molecule has 0 bridgehead atoms. The molecule has 2 aromatic rings. The Balaban J connectivity index is 2.13. The van der Waals surface area contributed by atoms with Gasteiger partial charge in [-0.1, -0.05) is 15.9 Å². The van der Waals surface area contributed by atoms with E-state index in [4.69, 9.17) is 0 Å². The largest absolute Gasteiger partial charge is 0.325 e. The number of carbonyl (C=O) groups excluding carboxylic acids is 1. The van der Waals surface area contributed by atoms with Crippen LogP contribution in [0.5, 0.6) is 0 Å². The number of benzene rings is 1. The fourth-order valence-electron chi connectivity index (χ4n) is 1.59. The van der Waals surface area contributed by atoms with Crippen molar-refractivity contribution in [3.63, 3.8) is 0 Å². The lowest BCUT2D eigenvalue weighted by molar-refractivity contribution is 0.0955. The van der Waals surface area contributed by atoms with E-state index in [9.17, 15) is 14.4 Å². The molecule has 0 radical (unpaired) electrons. The van der Waals surface area contributed by atoms with Gasteiger partial charge in [-0.2, -0.15) is 5.10 Å². The molecule has 0 spiro atoms. The van der Waals surface area contributed by atoms with Crippen molar-refractivity contribution < 1.29 is 4.79 Å². The minimum absolute atomic E-state index is 0.172. The van der Waals surface area contributed by atoms with Crippen LogP contribution in [-0.2, 0) is 0 Å². The topological polar surface area (TPSA) is 107 Å². The number of H-pyrrole nitrogens is 2. The fraction of sp³-hybridized carbons (Fsp3) is 0.0769. The summed E-state index contributed by atoms with van der Waals surface area (Å²) in [5.74, 6) is -0.405. The summed E-state index contributed by atoms with van der Waals surface area (Å²) in [4.78, 5) is 38.9. The van der Waals surface area contributed by atoms with Crippen molar-refractivity contribution in [2.45, 2.75) is 6.92 Å². The zero-order valence-corrected chi connectivity index (χ0v) is 12.5. The maximum absolute atomic E-state index is 11.8. The third kappa shape index (κ3) is 3.76. The van der Waals surface area contributed by atoms with E-state index in [-0.39, 0.29) is 5.56 Å². The number of halogens is 1. The maximum Gasteiger partial charge on any atom is 0.325 e. The Morgan fingerprint density at radius 2 is 1.90 bits per heavy atom. The second-order valence-corrected chi connectivity index (χ2v) is 5.07. The predicted octanol–water partition coefficient (Wildman–Crippen LogP) is 0.898. The van der Waals surface area contributed by atoms with Crippen LogP contribution in [0.25, 0.3) is 0 Å². The number of hydrogen-bond acceptors (Lipinski definition) is 4. The first-order valence-electron chi connectivity index (χ1n) is 5.89. The van der Waals surface area contributed by atoms with Gasteiger partial charge in [0.2, 0.25) is 0 Å². The summed E-state index contributed by atoms with van der Waals surface area (Å²) in [6, 6.07) is 6.73. The van der Waals surface area contributed by atoms with Gasteiger partial charge in [0, 0.05) is 15.7 Å². The average molecular weight is 351 g/mol. The lowest BCUT2D eigenvalue weighted by Gasteiger charge is -2.00. The van der Waals surface area contributed by atoms with Gasteiger partial charge < -0.3 is 4.98 Å². The van der Waals surface area contributed by atoms with Gasteiger partial charge in [-0.05, 0) is 31.2 Å². The first-order valence-corrected chi connectivity index (χ1v) is 6.69. The van der Waals surface area contributed by atoms with Crippen LogP contribution in [0.3, 0.4) is 0 Å². The lowest BCUT2D eigenvalue weighted by Crippen LogP contribution is -2.27. The van der Waals surface area contributed by atoms with Crippen LogP contribution in [0, 0.1) is 6.92 Å². The Bertz CT molecular complexity index is 805. The normalized spacial score (nSPS) is 10.8. The molecule has 0 unspecified atom stereocenters. The Labute approximate surface area is 127 Å². The number of carbonyl (C=O) groups is 1. The van der Waals surface area contributed by atoms with E-state index in [0.29, 0.717) is 11.3 Å². The Morgan fingerprint density at radius 3 is 2.52 bits per heavy atom. The molecule has 0 saturated carbocycles. The number of hydrazone groups is 1. The summed E-state index contributed by atoms with van der Waals surface area (Å²) in [5, 5.41) is 3.71. The molecule has 0 aliphatic rings. The monoisotopic (exact) mass is 350 g/mol. The van der Waals surface area contributed by atoms with E-state index in [1.807, 2.05) is 0 Å². The van der Waals surface area contributed by atoms with Crippen molar-refractivity contribution in [2.75, 3.05) is 0 Å². The molecule has 0 aliphatic carbocycles. The number of aromatic amines is 2. The Hall–Kier alpha value is -2.48. The summed E-state index contributed by atoms with van der Waals surface area (Å²) in [6.45, 7) is 1.56.